The fraction of sp³-hybridized carbons (Fsp3) is 0.385. The Morgan fingerprint density at radius 1 is 1.06 bits per heavy atom. The average Bonchev–Trinajstić information content (AvgIpc) is 3.28. The minimum Gasteiger partial charge on any atom is -0.491 e. The number of rotatable bonds is 12. The van der Waals surface area contributed by atoms with E-state index in [0.717, 1.165) is 48.0 Å². The van der Waals surface area contributed by atoms with Crippen molar-refractivity contribution in [3.05, 3.63) is 83.4 Å². The van der Waals surface area contributed by atoms with Crippen molar-refractivity contribution in [3.63, 3.8) is 0 Å². The van der Waals surface area contributed by atoms with Gasteiger partial charge in [-0.15, -0.1) is 24.0 Å². The first-order chi connectivity index (χ1) is 16.2. The summed E-state index contributed by atoms with van der Waals surface area (Å²) in [6.07, 6.45) is 6.01. The quantitative estimate of drug-likeness (QED) is 0.145. The number of aryl methyl sites for hydroxylation is 3. The maximum absolute atomic E-state index is 5.89. The summed E-state index contributed by atoms with van der Waals surface area (Å²) in [6.45, 7) is 5.28. The molecule has 2 N–H and O–H groups in total. The van der Waals surface area contributed by atoms with E-state index in [0.29, 0.717) is 26.3 Å². The van der Waals surface area contributed by atoms with Gasteiger partial charge in [0.1, 0.15) is 18.2 Å². The molecular formula is C26H36IN5O2. The first-order valence-corrected chi connectivity index (χ1v) is 11.4. The van der Waals surface area contributed by atoms with Crippen LogP contribution in [0.25, 0.3) is 0 Å². The van der Waals surface area contributed by atoms with Crippen LogP contribution in [-0.4, -0.2) is 42.9 Å². The van der Waals surface area contributed by atoms with Crippen molar-refractivity contribution in [1.82, 2.24) is 20.2 Å². The highest BCUT2D eigenvalue weighted by Gasteiger charge is 2.08. The molecule has 0 aliphatic rings. The third-order valence-electron chi connectivity index (χ3n) is 5.36. The van der Waals surface area contributed by atoms with Crippen molar-refractivity contribution in [3.8, 4) is 5.75 Å². The second-order valence-corrected chi connectivity index (χ2v) is 7.86. The van der Waals surface area contributed by atoms with Crippen LogP contribution in [-0.2, 0) is 30.8 Å². The number of guanidine groups is 1. The predicted octanol–water partition coefficient (Wildman–Crippen LogP) is 4.33. The lowest BCUT2D eigenvalue weighted by atomic mass is 10.1. The highest BCUT2D eigenvalue weighted by molar-refractivity contribution is 14.0. The molecule has 34 heavy (non-hydrogen) atoms. The lowest BCUT2D eigenvalue weighted by Crippen LogP contribution is -2.37. The van der Waals surface area contributed by atoms with Crippen molar-refractivity contribution in [2.75, 3.05) is 27.4 Å². The van der Waals surface area contributed by atoms with Crippen LogP contribution in [0.4, 0.5) is 0 Å². The molecule has 0 spiro atoms. The van der Waals surface area contributed by atoms with E-state index in [-0.39, 0.29) is 24.0 Å². The molecule has 0 radical (unpaired) electrons. The van der Waals surface area contributed by atoms with Crippen LogP contribution in [0.15, 0.2) is 65.9 Å². The summed E-state index contributed by atoms with van der Waals surface area (Å²) in [5.41, 5.74) is 3.60. The van der Waals surface area contributed by atoms with Crippen molar-refractivity contribution in [1.29, 1.82) is 0 Å². The van der Waals surface area contributed by atoms with E-state index < -0.39 is 0 Å². The number of ether oxygens (including phenoxy) is 2. The summed E-state index contributed by atoms with van der Waals surface area (Å²) < 4.78 is 13.2. The van der Waals surface area contributed by atoms with Gasteiger partial charge in [-0.25, -0.2) is 4.98 Å². The van der Waals surface area contributed by atoms with Gasteiger partial charge >= 0.3 is 0 Å². The molecule has 2 aromatic carbocycles. The highest BCUT2D eigenvalue weighted by Crippen LogP contribution is 2.20. The number of hydrogen-bond donors (Lipinski definition) is 2. The second-order valence-electron chi connectivity index (χ2n) is 7.86. The maximum Gasteiger partial charge on any atom is 0.191 e. The van der Waals surface area contributed by atoms with Crippen LogP contribution >= 0.6 is 24.0 Å². The Kier molecular flexibility index (Phi) is 12.5. The fourth-order valence-corrected chi connectivity index (χ4v) is 3.55. The number of aromatic nitrogens is 2. The Morgan fingerprint density at radius 2 is 1.85 bits per heavy atom. The van der Waals surface area contributed by atoms with Gasteiger partial charge in [0, 0.05) is 45.2 Å². The Bertz CT molecular complexity index is 1010. The molecule has 0 aliphatic heterocycles. The van der Waals surface area contributed by atoms with E-state index >= 15 is 0 Å². The zero-order valence-corrected chi connectivity index (χ0v) is 22.6. The molecule has 0 bridgehead atoms. The van der Waals surface area contributed by atoms with Crippen LogP contribution in [0, 0.1) is 6.92 Å². The third kappa shape index (κ3) is 8.98. The van der Waals surface area contributed by atoms with Gasteiger partial charge in [-0.3, -0.25) is 4.99 Å². The van der Waals surface area contributed by atoms with Crippen LogP contribution in [0.2, 0.25) is 0 Å². The van der Waals surface area contributed by atoms with Gasteiger partial charge in [-0.1, -0.05) is 42.5 Å². The minimum atomic E-state index is 0. The smallest absolute Gasteiger partial charge is 0.191 e. The SMILES string of the molecule is CN=C(NCc1ccc(C)cc1OCCOC)NCc1nccn1CCCc1ccccc1.I. The number of imidazole rings is 1. The van der Waals surface area contributed by atoms with Gasteiger partial charge in [0.25, 0.3) is 0 Å². The summed E-state index contributed by atoms with van der Waals surface area (Å²) in [4.78, 5) is 8.87. The Labute approximate surface area is 220 Å². The normalized spacial score (nSPS) is 11.1. The van der Waals surface area contributed by atoms with Crippen molar-refractivity contribution >= 4 is 29.9 Å². The van der Waals surface area contributed by atoms with Gasteiger partial charge in [-0.2, -0.15) is 0 Å². The number of aliphatic imine (C=N–C) groups is 1. The number of methoxy groups -OCH3 is 1. The summed E-state index contributed by atoms with van der Waals surface area (Å²) in [7, 11) is 3.44. The van der Waals surface area contributed by atoms with Crippen LogP contribution < -0.4 is 15.4 Å². The summed E-state index contributed by atoms with van der Waals surface area (Å²) in [5.74, 6) is 2.58. The van der Waals surface area contributed by atoms with Crippen LogP contribution in [0.5, 0.6) is 5.75 Å². The topological polar surface area (TPSA) is 72.7 Å². The average molecular weight is 578 g/mol. The zero-order valence-electron chi connectivity index (χ0n) is 20.3. The van der Waals surface area contributed by atoms with Gasteiger partial charge in [0.05, 0.1) is 13.2 Å². The van der Waals surface area contributed by atoms with E-state index in [1.807, 2.05) is 12.4 Å². The first-order valence-electron chi connectivity index (χ1n) is 11.4. The molecule has 0 fully saturated rings. The number of hydrogen-bond acceptors (Lipinski definition) is 4. The summed E-state index contributed by atoms with van der Waals surface area (Å²) in [6, 6.07) is 16.8. The molecular weight excluding hydrogens is 541 g/mol. The van der Waals surface area contributed by atoms with E-state index in [9.17, 15) is 0 Å². The molecule has 0 aliphatic carbocycles. The van der Waals surface area contributed by atoms with Crippen molar-refractivity contribution in [2.45, 2.75) is 39.4 Å². The first kappa shape index (κ1) is 27.7. The largest absolute Gasteiger partial charge is 0.491 e. The van der Waals surface area contributed by atoms with Gasteiger partial charge < -0.3 is 24.7 Å². The molecule has 1 aromatic heterocycles. The monoisotopic (exact) mass is 577 g/mol. The third-order valence-corrected chi connectivity index (χ3v) is 5.36. The molecule has 0 amide bonds. The number of halogens is 1. The van der Waals surface area contributed by atoms with Crippen LogP contribution in [0.1, 0.15) is 28.9 Å². The van der Waals surface area contributed by atoms with Gasteiger partial charge in [0.15, 0.2) is 5.96 Å². The summed E-state index contributed by atoms with van der Waals surface area (Å²) >= 11 is 0. The molecule has 1 heterocycles. The molecule has 7 nitrogen and oxygen atoms in total. The Morgan fingerprint density at radius 3 is 2.62 bits per heavy atom. The van der Waals surface area contributed by atoms with Crippen molar-refractivity contribution in [2.24, 2.45) is 4.99 Å². The number of nitrogens with zero attached hydrogens (tertiary/aromatic N) is 3. The molecule has 184 valence electrons. The van der Waals surface area contributed by atoms with Crippen LogP contribution in [0.3, 0.4) is 0 Å². The minimum absolute atomic E-state index is 0. The standard InChI is InChI=1S/C26H35N5O2.HI/c1-21-11-12-23(24(18-21)33-17-16-32-3)19-29-26(27-2)30-20-25-28-13-15-31(25)14-7-10-22-8-5-4-6-9-22;/h4-6,8-9,11-13,15,18H,7,10,14,16-17,19-20H2,1-3H3,(H2,27,29,30);1H. The van der Waals surface area contributed by atoms with E-state index in [4.69, 9.17) is 9.47 Å². The molecule has 3 aromatic rings. The maximum atomic E-state index is 5.89. The number of benzene rings is 2. The van der Waals surface area contributed by atoms with E-state index in [1.165, 1.54) is 5.56 Å². The Hall–Kier alpha value is -2.59. The lowest BCUT2D eigenvalue weighted by molar-refractivity contribution is 0.145. The Balaban J connectivity index is 0.00000408. The molecule has 8 heteroatoms. The van der Waals surface area contributed by atoms with E-state index in [1.54, 1.807) is 14.2 Å². The van der Waals surface area contributed by atoms with Crippen molar-refractivity contribution < 1.29 is 9.47 Å². The molecule has 0 atom stereocenters. The molecule has 3 rings (SSSR count). The predicted molar refractivity (Wildman–Crippen MR) is 148 cm³/mol. The molecule has 0 saturated heterocycles. The number of nitrogens with one attached hydrogen (secondary N) is 2. The fourth-order valence-electron chi connectivity index (χ4n) is 3.55. The zero-order chi connectivity index (χ0) is 23.3. The molecule has 0 saturated carbocycles. The second kappa shape index (κ2) is 15.3. The highest BCUT2D eigenvalue weighted by atomic mass is 127. The molecule has 0 unspecified atom stereocenters. The van der Waals surface area contributed by atoms with Gasteiger partial charge in [-0.05, 0) is 37.0 Å². The summed E-state index contributed by atoms with van der Waals surface area (Å²) in [5, 5.41) is 6.74. The lowest BCUT2D eigenvalue weighted by Gasteiger charge is -2.16. The van der Waals surface area contributed by atoms with Gasteiger partial charge in [0.2, 0.25) is 0 Å². The van der Waals surface area contributed by atoms with E-state index in [2.05, 4.69) is 80.6 Å².